The van der Waals surface area contributed by atoms with E-state index in [2.05, 4.69) is 26.2 Å². The van der Waals surface area contributed by atoms with E-state index >= 15 is 0 Å². The maximum absolute atomic E-state index is 13.7. The predicted octanol–water partition coefficient (Wildman–Crippen LogP) is 2.36. The molecule has 0 spiro atoms. The van der Waals surface area contributed by atoms with Gasteiger partial charge in [-0.3, -0.25) is 0 Å². The van der Waals surface area contributed by atoms with Gasteiger partial charge in [-0.2, -0.15) is 0 Å². The van der Waals surface area contributed by atoms with Crippen molar-refractivity contribution in [2.45, 2.75) is 19.4 Å². The molecular weight excluding hydrogens is 287 g/mol. The molecule has 0 fully saturated rings. The van der Waals surface area contributed by atoms with Crippen LogP contribution in [0.2, 0.25) is 0 Å². The molecule has 1 aromatic heterocycles. The minimum atomic E-state index is -0.601. The van der Waals surface area contributed by atoms with Crippen molar-refractivity contribution >= 4 is 15.9 Å². The Hall–Kier alpha value is -1.27. The molecule has 0 radical (unpaired) electrons. The van der Waals surface area contributed by atoms with Crippen molar-refractivity contribution in [1.82, 2.24) is 15.0 Å². The van der Waals surface area contributed by atoms with Crippen LogP contribution in [-0.4, -0.2) is 15.0 Å². The highest BCUT2D eigenvalue weighted by atomic mass is 79.9. The van der Waals surface area contributed by atoms with Gasteiger partial charge in [0.2, 0.25) is 0 Å². The maximum atomic E-state index is 13.7. The second kappa shape index (κ2) is 4.19. The summed E-state index contributed by atoms with van der Waals surface area (Å²) in [7, 11) is 0. The van der Waals surface area contributed by atoms with Crippen molar-refractivity contribution in [1.29, 1.82) is 0 Å². The summed E-state index contributed by atoms with van der Waals surface area (Å²) in [6.07, 6.45) is 1.63. The van der Waals surface area contributed by atoms with E-state index in [1.54, 1.807) is 18.3 Å². The van der Waals surface area contributed by atoms with Crippen LogP contribution in [0.15, 0.2) is 28.9 Å². The van der Waals surface area contributed by atoms with Gasteiger partial charge in [0.1, 0.15) is 17.2 Å². The van der Waals surface area contributed by atoms with Crippen LogP contribution in [0.4, 0.5) is 4.39 Å². The Morgan fingerprint density at radius 1 is 1.41 bits per heavy atom. The summed E-state index contributed by atoms with van der Waals surface area (Å²) in [5.41, 5.74) is 6.24. The average molecular weight is 299 g/mol. The van der Waals surface area contributed by atoms with Crippen molar-refractivity contribution in [2.75, 3.05) is 0 Å². The van der Waals surface area contributed by atoms with E-state index in [1.807, 2.05) is 13.8 Å². The lowest BCUT2D eigenvalue weighted by molar-refractivity contribution is 0.533. The lowest BCUT2D eigenvalue weighted by Crippen LogP contribution is -2.29. The van der Waals surface area contributed by atoms with Gasteiger partial charge in [0, 0.05) is 4.47 Å². The molecule has 2 aromatic rings. The van der Waals surface area contributed by atoms with Crippen LogP contribution in [0, 0.1) is 5.82 Å². The molecule has 0 aliphatic rings. The first-order chi connectivity index (χ1) is 7.89. The van der Waals surface area contributed by atoms with Crippen molar-refractivity contribution in [2.24, 2.45) is 5.73 Å². The largest absolute Gasteiger partial charge is 0.320 e. The van der Waals surface area contributed by atoms with Crippen LogP contribution in [-0.2, 0) is 5.54 Å². The predicted molar refractivity (Wildman–Crippen MR) is 66.2 cm³/mol. The molecule has 1 heterocycles. The minimum absolute atomic E-state index is 0.329. The molecule has 0 atom stereocenters. The summed E-state index contributed by atoms with van der Waals surface area (Å²) in [5, 5.41) is 7.84. The third-order valence-corrected chi connectivity index (χ3v) is 2.96. The Morgan fingerprint density at radius 2 is 2.12 bits per heavy atom. The molecule has 0 aliphatic carbocycles. The number of nitrogens with zero attached hydrogens (tertiary/aromatic N) is 3. The summed E-state index contributed by atoms with van der Waals surface area (Å²) in [6, 6.07) is 4.73. The van der Waals surface area contributed by atoms with Crippen molar-refractivity contribution in [3.63, 3.8) is 0 Å². The highest BCUT2D eigenvalue weighted by Gasteiger charge is 2.20. The first-order valence-corrected chi connectivity index (χ1v) is 5.85. The number of hydrogen-bond acceptors (Lipinski definition) is 3. The molecule has 0 amide bonds. The molecule has 0 saturated carbocycles. The van der Waals surface area contributed by atoms with Gasteiger partial charge in [-0.05, 0) is 41.9 Å². The van der Waals surface area contributed by atoms with Gasteiger partial charge in [0.05, 0.1) is 11.7 Å². The van der Waals surface area contributed by atoms with Gasteiger partial charge in [0.15, 0.2) is 0 Å². The summed E-state index contributed by atoms with van der Waals surface area (Å²) in [6.45, 7) is 3.63. The van der Waals surface area contributed by atoms with E-state index in [9.17, 15) is 4.39 Å². The van der Waals surface area contributed by atoms with Crippen LogP contribution in [0.25, 0.3) is 5.69 Å². The van der Waals surface area contributed by atoms with E-state index < -0.39 is 5.54 Å². The lowest BCUT2D eigenvalue weighted by Gasteiger charge is -2.13. The topological polar surface area (TPSA) is 56.7 Å². The Balaban J connectivity index is 2.51. The molecule has 0 saturated heterocycles. The zero-order valence-corrected chi connectivity index (χ0v) is 11.1. The summed E-state index contributed by atoms with van der Waals surface area (Å²) in [4.78, 5) is 0. The average Bonchev–Trinajstić information content (AvgIpc) is 2.65. The number of hydrogen-bond donors (Lipinski definition) is 1. The monoisotopic (exact) mass is 298 g/mol. The van der Waals surface area contributed by atoms with Crippen molar-refractivity contribution in [3.05, 3.63) is 40.4 Å². The second-order valence-electron chi connectivity index (χ2n) is 4.34. The standard InChI is InChI=1S/C11H12BrFN4/c1-11(2,14)9-6-17(16-15-9)10-7(12)4-3-5-8(10)13/h3-6H,14H2,1-2H3. The molecule has 4 nitrogen and oxygen atoms in total. The van der Waals surface area contributed by atoms with Gasteiger partial charge < -0.3 is 5.73 Å². The first-order valence-electron chi connectivity index (χ1n) is 5.05. The zero-order valence-electron chi connectivity index (χ0n) is 9.48. The first kappa shape index (κ1) is 12.2. The molecule has 17 heavy (non-hydrogen) atoms. The van der Waals surface area contributed by atoms with Gasteiger partial charge in [-0.25, -0.2) is 9.07 Å². The second-order valence-corrected chi connectivity index (χ2v) is 5.19. The Labute approximate surface area is 107 Å². The highest BCUT2D eigenvalue weighted by molar-refractivity contribution is 9.10. The van der Waals surface area contributed by atoms with Crippen LogP contribution in [0.1, 0.15) is 19.5 Å². The zero-order chi connectivity index (χ0) is 12.6. The van der Waals surface area contributed by atoms with Crippen LogP contribution < -0.4 is 5.73 Å². The number of aromatic nitrogens is 3. The third kappa shape index (κ3) is 2.37. The van der Waals surface area contributed by atoms with Crippen LogP contribution in [0.5, 0.6) is 0 Å². The molecule has 90 valence electrons. The van der Waals surface area contributed by atoms with Crippen molar-refractivity contribution < 1.29 is 4.39 Å². The number of rotatable bonds is 2. The van der Waals surface area contributed by atoms with Crippen molar-refractivity contribution in [3.8, 4) is 5.69 Å². The fourth-order valence-corrected chi connectivity index (χ4v) is 1.90. The third-order valence-electron chi connectivity index (χ3n) is 2.32. The molecule has 2 rings (SSSR count). The molecule has 1 aromatic carbocycles. The van der Waals surface area contributed by atoms with Gasteiger partial charge in [-0.1, -0.05) is 11.3 Å². The SMILES string of the molecule is CC(C)(N)c1cn(-c2c(F)cccc2Br)nn1. The van der Waals surface area contributed by atoms with Gasteiger partial charge in [-0.15, -0.1) is 5.10 Å². The fourth-order valence-electron chi connectivity index (χ4n) is 1.38. The van der Waals surface area contributed by atoms with E-state index in [0.29, 0.717) is 15.9 Å². The number of para-hydroxylation sites is 1. The van der Waals surface area contributed by atoms with Gasteiger partial charge in [0.25, 0.3) is 0 Å². The van der Waals surface area contributed by atoms with E-state index in [0.717, 1.165) is 0 Å². The quantitative estimate of drug-likeness (QED) is 0.926. The van der Waals surface area contributed by atoms with Crippen LogP contribution in [0.3, 0.4) is 0 Å². The Morgan fingerprint density at radius 3 is 2.65 bits per heavy atom. The number of halogens is 2. The molecule has 6 heteroatoms. The normalized spacial score (nSPS) is 11.8. The van der Waals surface area contributed by atoms with E-state index in [1.165, 1.54) is 10.7 Å². The van der Waals surface area contributed by atoms with E-state index in [-0.39, 0.29) is 5.82 Å². The minimum Gasteiger partial charge on any atom is -0.320 e. The molecular formula is C11H12BrFN4. The molecule has 2 N–H and O–H groups in total. The van der Waals surface area contributed by atoms with Gasteiger partial charge >= 0.3 is 0 Å². The molecule has 0 unspecified atom stereocenters. The fraction of sp³-hybridized carbons (Fsp3) is 0.273. The highest BCUT2D eigenvalue weighted by Crippen LogP contribution is 2.24. The maximum Gasteiger partial charge on any atom is 0.150 e. The summed E-state index contributed by atoms with van der Waals surface area (Å²) < 4.78 is 15.7. The Bertz CT molecular complexity index is 524. The smallest absolute Gasteiger partial charge is 0.150 e. The van der Waals surface area contributed by atoms with E-state index in [4.69, 9.17) is 5.73 Å². The summed E-state index contributed by atoms with van der Waals surface area (Å²) >= 11 is 3.28. The molecule has 0 aliphatic heterocycles. The molecule has 0 bridgehead atoms. The number of nitrogens with two attached hydrogens (primary N) is 1. The summed E-state index contributed by atoms with van der Waals surface area (Å²) in [5.74, 6) is -0.370. The number of benzene rings is 1. The van der Waals surface area contributed by atoms with Crippen LogP contribution >= 0.6 is 15.9 Å². The lowest BCUT2D eigenvalue weighted by atomic mass is 10.0. The Kier molecular flexibility index (Phi) is 3.01.